The fourth-order valence-corrected chi connectivity index (χ4v) is 2.04. The second-order valence-electron chi connectivity index (χ2n) is 3.86. The molecule has 1 fully saturated rings. The fourth-order valence-electron chi connectivity index (χ4n) is 2.04. The van der Waals surface area contributed by atoms with Crippen LogP contribution in [0.3, 0.4) is 0 Å². The van der Waals surface area contributed by atoms with Gasteiger partial charge in [-0.05, 0) is 18.9 Å². The van der Waals surface area contributed by atoms with Crippen LogP contribution in [0, 0.1) is 10.1 Å². The van der Waals surface area contributed by atoms with E-state index in [4.69, 9.17) is 5.73 Å². The minimum atomic E-state index is -0.443. The zero-order valence-corrected chi connectivity index (χ0v) is 8.87. The Labute approximate surface area is 93.2 Å². The Hall–Kier alpha value is -1.69. The summed E-state index contributed by atoms with van der Waals surface area (Å²) in [5.41, 5.74) is 5.68. The largest absolute Gasteiger partial charge is 0.352 e. The lowest BCUT2D eigenvalue weighted by molar-refractivity contribution is -0.385. The molecule has 1 aliphatic heterocycles. The van der Waals surface area contributed by atoms with Crippen LogP contribution in [-0.2, 0) is 0 Å². The number of hydrogen-bond acceptors (Lipinski definition) is 5. The standard InChI is InChI=1S/C10H14N4O2/c11-6-8-2-1-5-13(8)10-4-3-9(7-12-10)14(15)16/h3-4,7-8H,1-2,5-6,11H2/t8-/m0/s1. The van der Waals surface area contributed by atoms with E-state index < -0.39 is 4.92 Å². The number of nitrogens with zero attached hydrogens (tertiary/aromatic N) is 3. The first kappa shape index (κ1) is 10.8. The molecule has 2 heterocycles. The summed E-state index contributed by atoms with van der Waals surface area (Å²) >= 11 is 0. The van der Waals surface area contributed by atoms with Crippen molar-refractivity contribution in [2.75, 3.05) is 18.0 Å². The van der Waals surface area contributed by atoms with Gasteiger partial charge in [0.25, 0.3) is 5.69 Å². The topological polar surface area (TPSA) is 85.3 Å². The van der Waals surface area contributed by atoms with Gasteiger partial charge >= 0.3 is 0 Å². The van der Waals surface area contributed by atoms with Crippen molar-refractivity contribution in [3.8, 4) is 0 Å². The van der Waals surface area contributed by atoms with Crippen molar-refractivity contribution in [2.45, 2.75) is 18.9 Å². The highest BCUT2D eigenvalue weighted by Gasteiger charge is 2.24. The molecule has 0 radical (unpaired) electrons. The average Bonchev–Trinajstić information content (AvgIpc) is 2.77. The summed E-state index contributed by atoms with van der Waals surface area (Å²) < 4.78 is 0. The molecule has 16 heavy (non-hydrogen) atoms. The molecule has 0 spiro atoms. The van der Waals surface area contributed by atoms with E-state index in [-0.39, 0.29) is 5.69 Å². The summed E-state index contributed by atoms with van der Waals surface area (Å²) in [7, 11) is 0. The van der Waals surface area contributed by atoms with Gasteiger partial charge in [-0.2, -0.15) is 0 Å². The van der Waals surface area contributed by atoms with Crippen LogP contribution in [0.2, 0.25) is 0 Å². The van der Waals surface area contributed by atoms with Crippen LogP contribution < -0.4 is 10.6 Å². The summed E-state index contributed by atoms with van der Waals surface area (Å²) in [6.07, 6.45) is 3.46. The van der Waals surface area contributed by atoms with E-state index in [9.17, 15) is 10.1 Å². The minimum absolute atomic E-state index is 0.0206. The third-order valence-corrected chi connectivity index (χ3v) is 2.89. The number of aromatic nitrogens is 1. The third-order valence-electron chi connectivity index (χ3n) is 2.89. The molecule has 0 unspecified atom stereocenters. The Morgan fingerprint density at radius 3 is 3.00 bits per heavy atom. The van der Waals surface area contributed by atoms with Crippen LogP contribution in [0.25, 0.3) is 0 Å². The van der Waals surface area contributed by atoms with Gasteiger partial charge in [-0.15, -0.1) is 0 Å². The zero-order chi connectivity index (χ0) is 11.5. The Morgan fingerprint density at radius 1 is 1.62 bits per heavy atom. The van der Waals surface area contributed by atoms with Gasteiger partial charge in [-0.25, -0.2) is 4.98 Å². The lowest BCUT2D eigenvalue weighted by atomic mass is 10.2. The van der Waals surface area contributed by atoms with Gasteiger partial charge in [-0.3, -0.25) is 10.1 Å². The SMILES string of the molecule is NC[C@@H]1CCCN1c1ccc([N+](=O)[O-])cn1. The van der Waals surface area contributed by atoms with E-state index in [0.29, 0.717) is 12.6 Å². The number of nitrogens with two attached hydrogens (primary N) is 1. The predicted octanol–water partition coefficient (Wildman–Crippen LogP) is 0.917. The van der Waals surface area contributed by atoms with Crippen LogP contribution in [-0.4, -0.2) is 29.0 Å². The molecule has 0 saturated carbocycles. The Bertz CT molecular complexity index is 379. The Balaban J connectivity index is 2.18. The first-order valence-corrected chi connectivity index (χ1v) is 5.29. The summed E-state index contributed by atoms with van der Waals surface area (Å²) in [5.74, 6) is 0.776. The normalized spacial score (nSPS) is 20.1. The van der Waals surface area contributed by atoms with Crippen molar-refractivity contribution in [1.29, 1.82) is 0 Å². The molecule has 1 saturated heterocycles. The van der Waals surface area contributed by atoms with Crippen LogP contribution in [0.1, 0.15) is 12.8 Å². The molecule has 6 heteroatoms. The van der Waals surface area contributed by atoms with Gasteiger partial charge in [0.15, 0.2) is 0 Å². The second-order valence-corrected chi connectivity index (χ2v) is 3.86. The van der Waals surface area contributed by atoms with E-state index in [1.165, 1.54) is 12.3 Å². The van der Waals surface area contributed by atoms with E-state index in [1.54, 1.807) is 6.07 Å². The van der Waals surface area contributed by atoms with Gasteiger partial charge in [0.1, 0.15) is 12.0 Å². The lowest BCUT2D eigenvalue weighted by Gasteiger charge is -2.24. The highest BCUT2D eigenvalue weighted by Crippen LogP contribution is 2.24. The van der Waals surface area contributed by atoms with Gasteiger partial charge in [0, 0.05) is 25.2 Å². The number of nitro groups is 1. The molecular formula is C10H14N4O2. The molecular weight excluding hydrogens is 208 g/mol. The Kier molecular flexibility index (Phi) is 3.00. The summed E-state index contributed by atoms with van der Waals surface area (Å²) in [6.45, 7) is 1.52. The highest BCUT2D eigenvalue weighted by molar-refractivity contribution is 5.44. The molecule has 2 N–H and O–H groups in total. The number of pyridine rings is 1. The predicted molar refractivity (Wildman–Crippen MR) is 60.3 cm³/mol. The fraction of sp³-hybridized carbons (Fsp3) is 0.500. The van der Waals surface area contributed by atoms with Gasteiger partial charge in [0.05, 0.1) is 4.92 Å². The summed E-state index contributed by atoms with van der Waals surface area (Å²) in [5, 5.41) is 10.5. The van der Waals surface area contributed by atoms with Crippen LogP contribution >= 0.6 is 0 Å². The molecule has 1 aromatic heterocycles. The van der Waals surface area contributed by atoms with Crippen LogP contribution in [0.5, 0.6) is 0 Å². The van der Waals surface area contributed by atoms with E-state index >= 15 is 0 Å². The van der Waals surface area contributed by atoms with Crippen LogP contribution in [0.15, 0.2) is 18.3 Å². The molecule has 0 aromatic carbocycles. The van der Waals surface area contributed by atoms with Crippen molar-refractivity contribution >= 4 is 11.5 Å². The lowest BCUT2D eigenvalue weighted by Crippen LogP contribution is -2.35. The van der Waals surface area contributed by atoms with Crippen LogP contribution in [0.4, 0.5) is 11.5 Å². The maximum absolute atomic E-state index is 10.5. The maximum atomic E-state index is 10.5. The average molecular weight is 222 g/mol. The van der Waals surface area contributed by atoms with E-state index in [2.05, 4.69) is 9.88 Å². The highest BCUT2D eigenvalue weighted by atomic mass is 16.6. The molecule has 86 valence electrons. The molecule has 2 rings (SSSR count). The molecule has 1 aromatic rings. The minimum Gasteiger partial charge on any atom is -0.352 e. The smallest absolute Gasteiger partial charge is 0.287 e. The second kappa shape index (κ2) is 4.44. The number of rotatable bonds is 3. The van der Waals surface area contributed by atoms with E-state index in [0.717, 1.165) is 25.2 Å². The number of hydrogen-bond donors (Lipinski definition) is 1. The van der Waals surface area contributed by atoms with Gasteiger partial charge < -0.3 is 10.6 Å². The summed E-state index contributed by atoms with van der Waals surface area (Å²) in [6, 6.07) is 3.48. The van der Waals surface area contributed by atoms with Crippen molar-refractivity contribution < 1.29 is 4.92 Å². The first-order valence-electron chi connectivity index (χ1n) is 5.29. The van der Waals surface area contributed by atoms with E-state index in [1.807, 2.05) is 0 Å². The molecule has 0 bridgehead atoms. The number of anilines is 1. The first-order chi connectivity index (χ1) is 7.72. The van der Waals surface area contributed by atoms with Gasteiger partial charge in [0.2, 0.25) is 0 Å². The molecule has 6 nitrogen and oxygen atoms in total. The summed E-state index contributed by atoms with van der Waals surface area (Å²) in [4.78, 5) is 16.3. The molecule has 1 aliphatic rings. The van der Waals surface area contributed by atoms with Crippen molar-refractivity contribution in [3.05, 3.63) is 28.4 Å². The maximum Gasteiger partial charge on any atom is 0.287 e. The molecule has 0 aliphatic carbocycles. The molecule has 0 amide bonds. The monoisotopic (exact) mass is 222 g/mol. The third kappa shape index (κ3) is 1.96. The van der Waals surface area contributed by atoms with Crippen molar-refractivity contribution in [1.82, 2.24) is 4.98 Å². The van der Waals surface area contributed by atoms with Gasteiger partial charge in [-0.1, -0.05) is 0 Å². The zero-order valence-electron chi connectivity index (χ0n) is 8.87. The molecule has 1 atom stereocenters. The quantitative estimate of drug-likeness (QED) is 0.607. The Morgan fingerprint density at radius 2 is 2.44 bits per heavy atom. The van der Waals surface area contributed by atoms with Crippen molar-refractivity contribution in [3.63, 3.8) is 0 Å². The van der Waals surface area contributed by atoms with Crippen molar-refractivity contribution in [2.24, 2.45) is 5.73 Å².